The molecule has 0 unspecified atom stereocenters. The van der Waals surface area contributed by atoms with Crippen LogP contribution in [0.4, 0.5) is 0 Å². The zero-order chi connectivity index (χ0) is 20.2. The first-order valence-corrected chi connectivity index (χ1v) is 11.6. The van der Waals surface area contributed by atoms with Gasteiger partial charge in [0, 0.05) is 5.41 Å². The summed E-state index contributed by atoms with van der Waals surface area (Å²) in [5.74, 6) is 1.88. The van der Waals surface area contributed by atoms with Crippen molar-refractivity contribution < 1.29 is 14.6 Å². The monoisotopic (exact) mass is 394 g/mol. The molecule has 0 saturated heterocycles. The van der Waals surface area contributed by atoms with Crippen molar-refractivity contribution in [1.82, 2.24) is 0 Å². The molecule has 4 aliphatic rings. The van der Waals surface area contributed by atoms with E-state index in [1.165, 1.54) is 18.4 Å². The number of hydrogen-bond donors (Lipinski definition) is 1. The van der Waals surface area contributed by atoms with Gasteiger partial charge in [-0.15, -0.1) is 0 Å². The second-order valence-corrected chi connectivity index (χ2v) is 10.5. The summed E-state index contributed by atoms with van der Waals surface area (Å²) in [5, 5.41) is 10.2. The molecule has 0 radical (unpaired) electrons. The Balaban J connectivity index is 1.36. The van der Waals surface area contributed by atoms with E-state index in [9.17, 15) is 9.90 Å². The second kappa shape index (κ2) is 6.97. The number of carbonyl (C=O) groups is 1. The molecule has 0 amide bonds. The van der Waals surface area contributed by atoms with Crippen LogP contribution >= 0.6 is 0 Å². The van der Waals surface area contributed by atoms with Crippen molar-refractivity contribution in [2.45, 2.75) is 77.4 Å². The lowest BCUT2D eigenvalue weighted by Gasteiger charge is -2.57. The number of rotatable bonds is 2. The maximum atomic E-state index is 12.7. The maximum Gasteiger partial charge on any atom is 0.338 e. The molecule has 1 aromatic carbocycles. The van der Waals surface area contributed by atoms with Gasteiger partial charge in [-0.2, -0.15) is 0 Å². The van der Waals surface area contributed by atoms with Crippen LogP contribution in [-0.2, 0) is 4.74 Å². The van der Waals surface area contributed by atoms with Crippen molar-refractivity contribution in [2.24, 2.45) is 28.6 Å². The highest BCUT2D eigenvalue weighted by atomic mass is 16.5. The number of carbonyl (C=O) groups excluding carboxylic acids is 1. The Kier molecular flexibility index (Phi) is 4.66. The third-order valence-electron chi connectivity index (χ3n) is 9.25. The number of esters is 1. The summed E-state index contributed by atoms with van der Waals surface area (Å²) in [5.41, 5.74) is 2.54. The lowest BCUT2D eigenvalue weighted by molar-refractivity contribution is -0.0778. The Bertz CT molecular complexity index is 815. The van der Waals surface area contributed by atoms with Gasteiger partial charge in [-0.1, -0.05) is 43.7 Å². The van der Waals surface area contributed by atoms with E-state index in [1.807, 2.05) is 30.3 Å². The number of benzene rings is 1. The Morgan fingerprint density at radius 1 is 1.03 bits per heavy atom. The van der Waals surface area contributed by atoms with E-state index < -0.39 is 0 Å². The van der Waals surface area contributed by atoms with Gasteiger partial charge < -0.3 is 9.84 Å². The molecular formula is C26H34O3. The lowest BCUT2D eigenvalue weighted by atomic mass is 9.48. The fraction of sp³-hybridized carbons (Fsp3) is 0.654. The average molecular weight is 395 g/mol. The van der Waals surface area contributed by atoms with Crippen LogP contribution in [-0.4, -0.2) is 23.3 Å². The van der Waals surface area contributed by atoms with Gasteiger partial charge in [0.2, 0.25) is 0 Å². The van der Waals surface area contributed by atoms with Gasteiger partial charge in [-0.25, -0.2) is 4.79 Å². The maximum absolute atomic E-state index is 12.7. The molecule has 4 aliphatic carbocycles. The highest BCUT2D eigenvalue weighted by Crippen LogP contribution is 2.65. The molecule has 1 N–H and O–H groups in total. The topological polar surface area (TPSA) is 46.5 Å². The summed E-state index contributed by atoms with van der Waals surface area (Å²) in [7, 11) is 0. The van der Waals surface area contributed by atoms with Crippen molar-refractivity contribution in [1.29, 1.82) is 0 Å². The largest absolute Gasteiger partial charge is 0.458 e. The van der Waals surface area contributed by atoms with Gasteiger partial charge in [0.25, 0.3) is 0 Å². The first-order valence-electron chi connectivity index (χ1n) is 11.6. The van der Waals surface area contributed by atoms with E-state index in [2.05, 4.69) is 19.9 Å². The first-order chi connectivity index (χ1) is 13.9. The first kappa shape index (κ1) is 19.4. The number of aliphatic hydroxyl groups excluding tert-OH is 1. The molecule has 0 aromatic heterocycles. The summed E-state index contributed by atoms with van der Waals surface area (Å²) in [6.45, 7) is 4.85. The van der Waals surface area contributed by atoms with Crippen LogP contribution in [0.15, 0.2) is 42.0 Å². The van der Waals surface area contributed by atoms with Crippen molar-refractivity contribution in [3.05, 3.63) is 47.5 Å². The highest BCUT2D eigenvalue weighted by Gasteiger charge is 2.59. The lowest BCUT2D eigenvalue weighted by Crippen LogP contribution is -2.51. The summed E-state index contributed by atoms with van der Waals surface area (Å²) >= 11 is 0. The molecule has 3 saturated carbocycles. The standard InChI is InChI=1S/C26H34O3/c1-25-14-12-19(27)16-18(25)8-9-20-21-10-11-23(26(21,2)15-13-22(20)25)29-24(28)17-6-4-3-5-7-17/h3-8,19-23,27H,9-16H2,1-2H3/t19-,20+,21-,22-,23-,25-,26-/m0/s1. The van der Waals surface area contributed by atoms with E-state index in [-0.39, 0.29) is 29.0 Å². The van der Waals surface area contributed by atoms with Gasteiger partial charge in [-0.3, -0.25) is 0 Å². The van der Waals surface area contributed by atoms with Gasteiger partial charge in [0.15, 0.2) is 0 Å². The predicted octanol–water partition coefficient (Wildman–Crippen LogP) is 5.54. The zero-order valence-electron chi connectivity index (χ0n) is 17.8. The summed E-state index contributed by atoms with van der Waals surface area (Å²) in [6.07, 6.45) is 11.0. The summed E-state index contributed by atoms with van der Waals surface area (Å²) < 4.78 is 6.11. The van der Waals surface area contributed by atoms with Crippen molar-refractivity contribution >= 4 is 5.97 Å². The molecule has 156 valence electrons. The molecular weight excluding hydrogens is 360 g/mol. The fourth-order valence-electron chi connectivity index (χ4n) is 7.56. The molecule has 0 heterocycles. The minimum atomic E-state index is -0.168. The van der Waals surface area contributed by atoms with Gasteiger partial charge >= 0.3 is 5.97 Å². The number of allylic oxidation sites excluding steroid dienone is 1. The zero-order valence-corrected chi connectivity index (χ0v) is 17.8. The minimum absolute atomic E-state index is 0.0347. The Hall–Kier alpha value is -1.61. The molecule has 3 heteroatoms. The molecule has 3 fully saturated rings. The molecule has 5 rings (SSSR count). The van der Waals surface area contributed by atoms with Gasteiger partial charge in [0.05, 0.1) is 11.7 Å². The van der Waals surface area contributed by atoms with E-state index in [1.54, 1.807) is 0 Å². The molecule has 1 aromatic rings. The van der Waals surface area contributed by atoms with E-state index in [0.29, 0.717) is 17.4 Å². The third-order valence-corrected chi connectivity index (χ3v) is 9.25. The number of ether oxygens (including phenoxy) is 1. The average Bonchev–Trinajstić information content (AvgIpc) is 3.05. The molecule has 0 aliphatic heterocycles. The van der Waals surface area contributed by atoms with Crippen LogP contribution in [0, 0.1) is 28.6 Å². The predicted molar refractivity (Wildman–Crippen MR) is 113 cm³/mol. The third kappa shape index (κ3) is 3.00. The van der Waals surface area contributed by atoms with Crippen LogP contribution in [0.1, 0.15) is 75.6 Å². The van der Waals surface area contributed by atoms with Gasteiger partial charge in [0.1, 0.15) is 6.10 Å². The van der Waals surface area contributed by atoms with Crippen molar-refractivity contribution in [2.75, 3.05) is 0 Å². The van der Waals surface area contributed by atoms with Crippen LogP contribution < -0.4 is 0 Å². The number of fused-ring (bicyclic) bond motifs is 5. The van der Waals surface area contributed by atoms with Crippen LogP contribution in [0.25, 0.3) is 0 Å². The quantitative estimate of drug-likeness (QED) is 0.529. The fourth-order valence-corrected chi connectivity index (χ4v) is 7.56. The highest BCUT2D eigenvalue weighted by molar-refractivity contribution is 5.89. The Morgan fingerprint density at radius 3 is 2.62 bits per heavy atom. The summed E-state index contributed by atoms with van der Waals surface area (Å²) in [4.78, 5) is 12.7. The van der Waals surface area contributed by atoms with E-state index in [0.717, 1.165) is 44.4 Å². The normalized spacial score (nSPS) is 43.6. The van der Waals surface area contributed by atoms with Crippen LogP contribution in [0.2, 0.25) is 0 Å². The van der Waals surface area contributed by atoms with Crippen LogP contribution in [0.5, 0.6) is 0 Å². The smallest absolute Gasteiger partial charge is 0.338 e. The molecule has 7 atom stereocenters. The molecule has 29 heavy (non-hydrogen) atoms. The molecule has 0 bridgehead atoms. The SMILES string of the molecule is C[C@]12CC[C@H]3[C@H](CC=C4C[C@@H](O)CC[C@@]43C)[C@@H]1CC[C@@H]2OC(=O)c1ccccc1. The number of aliphatic hydroxyl groups is 1. The minimum Gasteiger partial charge on any atom is -0.458 e. The molecule has 3 nitrogen and oxygen atoms in total. The Labute approximate surface area is 174 Å². The van der Waals surface area contributed by atoms with Crippen LogP contribution in [0.3, 0.4) is 0 Å². The number of hydrogen-bond acceptors (Lipinski definition) is 3. The second-order valence-electron chi connectivity index (χ2n) is 10.5. The van der Waals surface area contributed by atoms with Gasteiger partial charge in [-0.05, 0) is 86.7 Å². The Morgan fingerprint density at radius 2 is 1.83 bits per heavy atom. The van der Waals surface area contributed by atoms with E-state index >= 15 is 0 Å². The van der Waals surface area contributed by atoms with E-state index in [4.69, 9.17) is 4.74 Å². The summed E-state index contributed by atoms with van der Waals surface area (Å²) in [6, 6.07) is 9.42. The van der Waals surface area contributed by atoms with Crippen molar-refractivity contribution in [3.63, 3.8) is 0 Å². The van der Waals surface area contributed by atoms with Crippen molar-refractivity contribution in [3.8, 4) is 0 Å². The molecule has 0 spiro atoms.